The van der Waals surface area contributed by atoms with Crippen LogP contribution >= 0.6 is 27.5 Å². The lowest BCUT2D eigenvalue weighted by Gasteiger charge is -2.10. The van der Waals surface area contributed by atoms with Crippen molar-refractivity contribution < 1.29 is 13.6 Å². The van der Waals surface area contributed by atoms with Crippen LogP contribution in [0.4, 0.5) is 0 Å². The smallest absolute Gasteiger partial charge is 0.176 e. The molecule has 0 heterocycles. The molecule has 88 valence electrons. The summed E-state index contributed by atoms with van der Waals surface area (Å²) in [7, 11) is -3.43. The van der Waals surface area contributed by atoms with Gasteiger partial charge in [-0.05, 0) is 24.6 Å². The fraction of sp³-hybridized carbons (Fsp3) is 0.222. The molecule has 0 aliphatic rings. The molecule has 0 radical (unpaired) electrons. The molecule has 7 heteroatoms. The molecule has 0 spiro atoms. The van der Waals surface area contributed by atoms with E-state index in [0.717, 1.165) is 6.26 Å². The van der Waals surface area contributed by atoms with Gasteiger partial charge in [-0.15, -0.1) is 0 Å². The summed E-state index contributed by atoms with van der Waals surface area (Å²) >= 11 is 8.95. The molecule has 0 bridgehead atoms. The molecule has 16 heavy (non-hydrogen) atoms. The Balaban J connectivity index is 3.72. The molecule has 0 aromatic heterocycles. The number of hydrogen-bond donors (Lipinski definition) is 1. The Hall–Kier alpha value is -0.590. The molecule has 0 amide bonds. The quantitative estimate of drug-likeness (QED) is 0.516. The fourth-order valence-corrected chi connectivity index (χ4v) is 2.84. The molecule has 0 aliphatic carbocycles. The lowest BCUT2D eigenvalue weighted by atomic mass is 10.1. The molecule has 0 fully saturated rings. The van der Waals surface area contributed by atoms with Crippen molar-refractivity contribution in [2.45, 2.75) is 11.8 Å². The van der Waals surface area contributed by atoms with Gasteiger partial charge in [0.05, 0.1) is 4.90 Å². The molecule has 0 aliphatic heterocycles. The maximum absolute atomic E-state index is 11.5. The summed E-state index contributed by atoms with van der Waals surface area (Å²) < 4.78 is 23.7. The summed E-state index contributed by atoms with van der Waals surface area (Å²) in [6.45, 7) is 1.68. The first-order valence-electron chi connectivity index (χ1n) is 4.16. The number of benzene rings is 1. The second-order valence-corrected chi connectivity index (χ2v) is 6.41. The number of sulfone groups is 1. The van der Waals surface area contributed by atoms with Gasteiger partial charge >= 0.3 is 0 Å². The Labute approximate surface area is 107 Å². The van der Waals surface area contributed by atoms with Gasteiger partial charge in [0.1, 0.15) is 0 Å². The van der Waals surface area contributed by atoms with E-state index in [1.54, 1.807) is 13.0 Å². The van der Waals surface area contributed by atoms with Crippen molar-refractivity contribution in [1.82, 2.24) is 0 Å². The number of rotatable bonds is 2. The molecular weight excluding hydrogens is 318 g/mol. The van der Waals surface area contributed by atoms with Gasteiger partial charge in [0.15, 0.2) is 15.0 Å². The highest BCUT2D eigenvalue weighted by atomic mass is 79.9. The fourth-order valence-electron chi connectivity index (χ4n) is 1.28. The zero-order chi connectivity index (χ0) is 12.5. The molecule has 4 nitrogen and oxygen atoms in total. The maximum atomic E-state index is 11.5. The molecular formula is C9H9BrClNO3S. The number of oxime groups is 1. The Morgan fingerprint density at radius 3 is 2.50 bits per heavy atom. The van der Waals surface area contributed by atoms with Crippen molar-refractivity contribution in [2.75, 3.05) is 6.26 Å². The van der Waals surface area contributed by atoms with Crippen LogP contribution in [0.5, 0.6) is 0 Å². The number of halogens is 2. The van der Waals surface area contributed by atoms with Crippen LogP contribution in [0, 0.1) is 6.92 Å². The first-order valence-corrected chi connectivity index (χ1v) is 7.22. The van der Waals surface area contributed by atoms with E-state index in [9.17, 15) is 8.42 Å². The van der Waals surface area contributed by atoms with Gasteiger partial charge < -0.3 is 5.21 Å². The van der Waals surface area contributed by atoms with E-state index in [0.29, 0.717) is 10.0 Å². The van der Waals surface area contributed by atoms with Crippen LogP contribution in [0.15, 0.2) is 26.7 Å². The minimum Gasteiger partial charge on any atom is -0.410 e. The predicted molar refractivity (Wildman–Crippen MR) is 66.2 cm³/mol. The molecule has 0 saturated carbocycles. The van der Waals surface area contributed by atoms with Crippen LogP contribution in [-0.2, 0) is 9.84 Å². The highest BCUT2D eigenvalue weighted by Crippen LogP contribution is 2.27. The van der Waals surface area contributed by atoms with Crippen molar-refractivity contribution in [3.63, 3.8) is 0 Å². The average Bonchev–Trinajstić information content (AvgIpc) is 2.19. The van der Waals surface area contributed by atoms with Gasteiger partial charge in [0, 0.05) is 16.3 Å². The SMILES string of the molecule is Cc1c(Br)ccc(S(C)(=O)=O)c1C(Cl)=NO. The van der Waals surface area contributed by atoms with Gasteiger partial charge in [-0.1, -0.05) is 32.7 Å². The van der Waals surface area contributed by atoms with Crippen LogP contribution in [0.25, 0.3) is 0 Å². The highest BCUT2D eigenvalue weighted by Gasteiger charge is 2.20. The maximum Gasteiger partial charge on any atom is 0.176 e. The van der Waals surface area contributed by atoms with Crippen LogP contribution in [0.1, 0.15) is 11.1 Å². The van der Waals surface area contributed by atoms with E-state index in [1.807, 2.05) is 0 Å². The Morgan fingerprint density at radius 1 is 1.50 bits per heavy atom. The Morgan fingerprint density at radius 2 is 2.06 bits per heavy atom. The minimum atomic E-state index is -3.43. The van der Waals surface area contributed by atoms with Crippen molar-refractivity contribution in [2.24, 2.45) is 5.16 Å². The second kappa shape index (κ2) is 4.73. The molecule has 1 aromatic carbocycles. The van der Waals surface area contributed by atoms with Crippen molar-refractivity contribution in [3.8, 4) is 0 Å². The van der Waals surface area contributed by atoms with Crippen LogP contribution in [-0.4, -0.2) is 25.1 Å². The van der Waals surface area contributed by atoms with Gasteiger partial charge in [-0.25, -0.2) is 8.42 Å². The Kier molecular flexibility index (Phi) is 3.98. The summed E-state index contributed by atoms with van der Waals surface area (Å²) in [5.41, 5.74) is 0.812. The summed E-state index contributed by atoms with van der Waals surface area (Å²) in [6.07, 6.45) is 1.07. The van der Waals surface area contributed by atoms with E-state index in [1.165, 1.54) is 6.07 Å². The molecule has 0 saturated heterocycles. The van der Waals surface area contributed by atoms with Crippen molar-refractivity contribution >= 4 is 42.5 Å². The standard InChI is InChI=1S/C9H9BrClNO3S/c1-5-6(10)3-4-7(16(2,14)15)8(5)9(11)12-13/h3-4,13H,1-2H3. The second-order valence-electron chi connectivity index (χ2n) is 3.21. The Bertz CT molecular complexity index is 554. The summed E-state index contributed by atoms with van der Waals surface area (Å²) in [5, 5.41) is 11.2. The summed E-state index contributed by atoms with van der Waals surface area (Å²) in [5.74, 6) is 0. The molecule has 1 aromatic rings. The van der Waals surface area contributed by atoms with Crippen LogP contribution in [0.3, 0.4) is 0 Å². The van der Waals surface area contributed by atoms with Crippen molar-refractivity contribution in [3.05, 3.63) is 27.7 Å². The third-order valence-electron chi connectivity index (χ3n) is 2.05. The number of nitrogens with zero attached hydrogens (tertiary/aromatic N) is 1. The van der Waals surface area contributed by atoms with Crippen LogP contribution < -0.4 is 0 Å². The predicted octanol–water partition coefficient (Wildman–Crippen LogP) is 2.54. The van der Waals surface area contributed by atoms with E-state index >= 15 is 0 Å². The van der Waals surface area contributed by atoms with E-state index in [4.69, 9.17) is 16.8 Å². The van der Waals surface area contributed by atoms with E-state index in [2.05, 4.69) is 21.1 Å². The average molecular weight is 327 g/mol. The molecule has 1 rings (SSSR count). The van der Waals surface area contributed by atoms with Gasteiger partial charge in [0.25, 0.3) is 0 Å². The van der Waals surface area contributed by atoms with Gasteiger partial charge in [0.2, 0.25) is 0 Å². The van der Waals surface area contributed by atoms with E-state index in [-0.39, 0.29) is 15.6 Å². The number of hydrogen-bond acceptors (Lipinski definition) is 4. The summed E-state index contributed by atoms with van der Waals surface area (Å²) in [4.78, 5) is 0.0380. The molecule has 0 unspecified atom stereocenters. The third kappa shape index (κ3) is 2.56. The monoisotopic (exact) mass is 325 g/mol. The molecule has 0 atom stereocenters. The largest absolute Gasteiger partial charge is 0.410 e. The zero-order valence-electron chi connectivity index (χ0n) is 8.53. The lowest BCUT2D eigenvalue weighted by molar-refractivity contribution is 0.320. The molecule has 1 N–H and O–H groups in total. The van der Waals surface area contributed by atoms with E-state index < -0.39 is 9.84 Å². The lowest BCUT2D eigenvalue weighted by Crippen LogP contribution is -2.08. The topological polar surface area (TPSA) is 66.7 Å². The minimum absolute atomic E-state index is 0.0380. The normalized spacial score (nSPS) is 12.9. The third-order valence-corrected chi connectivity index (χ3v) is 4.32. The van der Waals surface area contributed by atoms with Gasteiger partial charge in [-0.3, -0.25) is 0 Å². The van der Waals surface area contributed by atoms with Gasteiger partial charge in [-0.2, -0.15) is 0 Å². The highest BCUT2D eigenvalue weighted by molar-refractivity contribution is 9.10. The van der Waals surface area contributed by atoms with Crippen molar-refractivity contribution in [1.29, 1.82) is 0 Å². The first-order chi connectivity index (χ1) is 7.29. The first kappa shape index (κ1) is 13.5. The van der Waals surface area contributed by atoms with Crippen LogP contribution in [0.2, 0.25) is 0 Å². The zero-order valence-corrected chi connectivity index (χ0v) is 11.7. The summed E-state index contributed by atoms with van der Waals surface area (Å²) in [6, 6.07) is 3.02.